The maximum absolute atomic E-state index is 13.5. The van der Waals surface area contributed by atoms with E-state index in [9.17, 15) is 15.0 Å². The summed E-state index contributed by atoms with van der Waals surface area (Å²) in [6.45, 7) is 7.63. The Morgan fingerprint density at radius 1 is 1.31 bits per heavy atom. The molecule has 7 heteroatoms. The molecule has 1 amide bonds. The second kappa shape index (κ2) is 12.7. The molecular formula is C28H37N3O4. The fourth-order valence-electron chi connectivity index (χ4n) is 4.17. The number of likely N-dealkylation sites (N-methyl/N-ethyl adjacent to an activating group) is 1. The number of hydrogen-bond acceptors (Lipinski definition) is 6. The molecular weight excluding hydrogens is 442 g/mol. The van der Waals surface area contributed by atoms with Crippen LogP contribution in [0, 0.1) is 17.8 Å². The summed E-state index contributed by atoms with van der Waals surface area (Å²) in [5, 5.41) is 19.8. The van der Waals surface area contributed by atoms with E-state index in [0.29, 0.717) is 30.6 Å². The number of nitrogens with zero attached hydrogens (tertiary/aromatic N) is 3. The van der Waals surface area contributed by atoms with Gasteiger partial charge in [0.25, 0.3) is 5.91 Å². The lowest BCUT2D eigenvalue weighted by Crippen LogP contribution is -2.49. The maximum Gasteiger partial charge on any atom is 0.259 e. The van der Waals surface area contributed by atoms with Gasteiger partial charge in [-0.25, -0.2) is 4.98 Å². The van der Waals surface area contributed by atoms with Gasteiger partial charge in [0.05, 0.1) is 12.6 Å². The van der Waals surface area contributed by atoms with Gasteiger partial charge in [-0.2, -0.15) is 0 Å². The summed E-state index contributed by atoms with van der Waals surface area (Å²) in [6.07, 6.45) is 2.07. The standard InChI is InChI=1S/C28H37N3O4/c1-5-9-24(33)13-12-23-14-25-27(29-15-23)35-26(18-30(4)17-22-10-7-6-8-11-22)20(2)16-31(28(25)34)21(3)19-32/h6-8,10-11,14-15,20-21,24,26,32-33H,5,9,16-19H2,1-4H3/t20-,21+,24?,26-/m0/s1. The van der Waals surface area contributed by atoms with Crippen molar-refractivity contribution in [1.82, 2.24) is 14.8 Å². The number of pyridine rings is 1. The van der Waals surface area contributed by atoms with E-state index in [4.69, 9.17) is 4.74 Å². The molecule has 0 spiro atoms. The molecule has 1 aliphatic heterocycles. The molecule has 35 heavy (non-hydrogen) atoms. The Hall–Kier alpha value is -2.92. The van der Waals surface area contributed by atoms with Crippen molar-refractivity contribution in [1.29, 1.82) is 0 Å². The van der Waals surface area contributed by atoms with E-state index < -0.39 is 6.10 Å². The van der Waals surface area contributed by atoms with Crippen LogP contribution >= 0.6 is 0 Å². The number of carbonyl (C=O) groups is 1. The Kier molecular flexibility index (Phi) is 9.67. The van der Waals surface area contributed by atoms with E-state index in [2.05, 4.69) is 47.8 Å². The topological polar surface area (TPSA) is 86.1 Å². The summed E-state index contributed by atoms with van der Waals surface area (Å²) < 4.78 is 6.35. The second-order valence-corrected chi connectivity index (χ2v) is 9.46. The Bertz CT molecular complexity index is 1030. The highest BCUT2D eigenvalue weighted by Crippen LogP contribution is 2.27. The summed E-state index contributed by atoms with van der Waals surface area (Å²) in [6, 6.07) is 11.6. The molecule has 1 aromatic heterocycles. The lowest BCUT2D eigenvalue weighted by molar-refractivity contribution is 0.0325. The molecule has 4 atom stereocenters. The smallest absolute Gasteiger partial charge is 0.259 e. The minimum atomic E-state index is -0.717. The van der Waals surface area contributed by atoms with E-state index >= 15 is 0 Å². The lowest BCUT2D eigenvalue weighted by atomic mass is 9.99. The van der Waals surface area contributed by atoms with Crippen LogP contribution in [-0.4, -0.2) is 75.9 Å². The van der Waals surface area contributed by atoms with Crippen LogP contribution in [0.3, 0.4) is 0 Å². The predicted octanol–water partition coefficient (Wildman–Crippen LogP) is 2.95. The van der Waals surface area contributed by atoms with Crippen molar-refractivity contribution < 1.29 is 19.7 Å². The zero-order chi connectivity index (χ0) is 25.4. The third-order valence-corrected chi connectivity index (χ3v) is 6.25. The molecule has 2 N–H and O–H groups in total. The molecule has 7 nitrogen and oxygen atoms in total. The van der Waals surface area contributed by atoms with Gasteiger partial charge in [-0.1, -0.05) is 62.4 Å². The van der Waals surface area contributed by atoms with E-state index in [0.717, 1.165) is 13.0 Å². The maximum atomic E-state index is 13.5. The van der Waals surface area contributed by atoms with Crippen molar-refractivity contribution in [3.8, 4) is 17.7 Å². The molecule has 0 fully saturated rings. The van der Waals surface area contributed by atoms with Crippen LogP contribution in [0.1, 0.15) is 55.1 Å². The normalized spacial score (nSPS) is 19.6. The highest BCUT2D eigenvalue weighted by atomic mass is 16.5. The van der Waals surface area contributed by atoms with Crippen molar-refractivity contribution in [2.24, 2.45) is 5.92 Å². The zero-order valence-electron chi connectivity index (χ0n) is 21.1. The van der Waals surface area contributed by atoms with Crippen LogP contribution in [0.5, 0.6) is 5.88 Å². The average molecular weight is 480 g/mol. The summed E-state index contributed by atoms with van der Waals surface area (Å²) >= 11 is 0. The van der Waals surface area contributed by atoms with Crippen LogP contribution < -0.4 is 4.74 Å². The minimum absolute atomic E-state index is 0.0183. The van der Waals surface area contributed by atoms with Gasteiger partial charge in [0.15, 0.2) is 0 Å². The van der Waals surface area contributed by atoms with Crippen LogP contribution in [0.2, 0.25) is 0 Å². The van der Waals surface area contributed by atoms with Crippen LogP contribution in [-0.2, 0) is 6.54 Å². The molecule has 188 valence electrons. The number of aliphatic hydroxyl groups is 2. The van der Waals surface area contributed by atoms with Crippen molar-refractivity contribution in [3.63, 3.8) is 0 Å². The number of aliphatic hydroxyl groups excluding tert-OH is 2. The molecule has 3 rings (SSSR count). The first kappa shape index (κ1) is 26.7. The Labute approximate surface area is 208 Å². The fourth-order valence-corrected chi connectivity index (χ4v) is 4.17. The summed E-state index contributed by atoms with van der Waals surface area (Å²) in [5.74, 6) is 5.79. The van der Waals surface area contributed by atoms with Crippen molar-refractivity contribution >= 4 is 5.91 Å². The van der Waals surface area contributed by atoms with Crippen LogP contribution in [0.25, 0.3) is 0 Å². The third-order valence-electron chi connectivity index (χ3n) is 6.25. The largest absolute Gasteiger partial charge is 0.472 e. The minimum Gasteiger partial charge on any atom is -0.472 e. The van der Waals surface area contributed by atoms with Gasteiger partial charge in [0, 0.05) is 37.3 Å². The highest BCUT2D eigenvalue weighted by Gasteiger charge is 2.34. The second-order valence-electron chi connectivity index (χ2n) is 9.46. The van der Waals surface area contributed by atoms with Gasteiger partial charge >= 0.3 is 0 Å². The molecule has 2 heterocycles. The van der Waals surface area contributed by atoms with Crippen molar-refractivity contribution in [3.05, 3.63) is 59.3 Å². The molecule has 1 aromatic carbocycles. The van der Waals surface area contributed by atoms with Gasteiger partial charge in [-0.3, -0.25) is 9.69 Å². The average Bonchev–Trinajstić information content (AvgIpc) is 2.85. The summed E-state index contributed by atoms with van der Waals surface area (Å²) in [7, 11) is 2.05. The number of benzene rings is 1. The lowest BCUT2D eigenvalue weighted by Gasteiger charge is -2.37. The van der Waals surface area contributed by atoms with E-state index in [-0.39, 0.29) is 36.5 Å². The monoisotopic (exact) mass is 479 g/mol. The molecule has 0 aliphatic carbocycles. The predicted molar refractivity (Wildman–Crippen MR) is 136 cm³/mol. The van der Waals surface area contributed by atoms with Gasteiger partial charge < -0.3 is 19.8 Å². The number of rotatable bonds is 8. The number of ether oxygens (including phenoxy) is 1. The SMILES string of the molecule is CCCC(O)C#Cc1cnc2c(c1)C(=O)N([C@H](C)CO)C[C@H](C)[C@H](CN(C)Cc1ccccc1)O2. The van der Waals surface area contributed by atoms with Crippen molar-refractivity contribution in [2.75, 3.05) is 26.7 Å². The first-order chi connectivity index (χ1) is 16.8. The van der Waals surface area contributed by atoms with Crippen molar-refractivity contribution in [2.45, 2.75) is 58.4 Å². The quantitative estimate of drug-likeness (QED) is 0.567. The summed E-state index contributed by atoms with van der Waals surface area (Å²) in [5.41, 5.74) is 2.08. The van der Waals surface area contributed by atoms with E-state index in [1.807, 2.05) is 32.0 Å². The molecule has 1 aliphatic rings. The molecule has 2 aromatic rings. The van der Waals surface area contributed by atoms with E-state index in [1.54, 1.807) is 17.2 Å². The van der Waals surface area contributed by atoms with Crippen LogP contribution in [0.4, 0.5) is 0 Å². The Morgan fingerprint density at radius 3 is 2.74 bits per heavy atom. The van der Waals surface area contributed by atoms with Gasteiger partial charge in [-0.05, 0) is 32.0 Å². The molecule has 1 unspecified atom stereocenters. The number of hydrogen-bond donors (Lipinski definition) is 2. The van der Waals surface area contributed by atoms with E-state index in [1.165, 1.54) is 5.56 Å². The van der Waals surface area contributed by atoms with Gasteiger partial charge in [0.1, 0.15) is 17.8 Å². The first-order valence-electron chi connectivity index (χ1n) is 12.3. The van der Waals surface area contributed by atoms with Gasteiger partial charge in [0.2, 0.25) is 5.88 Å². The molecule has 0 saturated carbocycles. The number of fused-ring (bicyclic) bond motifs is 1. The zero-order valence-corrected chi connectivity index (χ0v) is 21.1. The molecule has 0 bridgehead atoms. The first-order valence-corrected chi connectivity index (χ1v) is 12.3. The number of carbonyl (C=O) groups excluding carboxylic acids is 1. The third kappa shape index (κ3) is 7.28. The Morgan fingerprint density at radius 2 is 2.06 bits per heavy atom. The number of amides is 1. The van der Waals surface area contributed by atoms with Crippen LogP contribution in [0.15, 0.2) is 42.6 Å². The molecule has 0 saturated heterocycles. The number of aromatic nitrogens is 1. The molecule has 0 radical (unpaired) electrons. The fraction of sp³-hybridized carbons (Fsp3) is 0.500. The van der Waals surface area contributed by atoms with Gasteiger partial charge in [-0.15, -0.1) is 0 Å². The highest BCUT2D eigenvalue weighted by molar-refractivity contribution is 5.97. The Balaban J connectivity index is 1.89. The summed E-state index contributed by atoms with van der Waals surface area (Å²) in [4.78, 5) is 21.8.